The number of piperidine rings is 1. The molecule has 3 N–H and O–H groups in total. The summed E-state index contributed by atoms with van der Waals surface area (Å²) in [5, 5.41) is 2.80. The third kappa shape index (κ3) is 2.39. The van der Waals surface area contributed by atoms with Gasteiger partial charge in [-0.1, -0.05) is 0 Å². The number of rotatable bonds is 1. The van der Waals surface area contributed by atoms with Crippen molar-refractivity contribution >= 4 is 33.4 Å². The fourth-order valence-electron chi connectivity index (χ4n) is 3.09. The molecule has 7 heteroatoms. The molecule has 0 bridgehead atoms. The zero-order valence-electron chi connectivity index (χ0n) is 11.2. The zero-order chi connectivity index (χ0) is 15.1. The number of carbonyl (C=O) groups excluding carboxylic acids is 2. The summed E-state index contributed by atoms with van der Waals surface area (Å²) in [7, 11) is 0. The highest BCUT2D eigenvalue weighted by atomic mass is 79.9. The van der Waals surface area contributed by atoms with Crippen LogP contribution in [0.5, 0.6) is 0 Å². The van der Waals surface area contributed by atoms with Crippen molar-refractivity contribution in [1.29, 1.82) is 0 Å². The number of halogens is 2. The Kier molecular flexibility index (Phi) is 3.61. The lowest BCUT2D eigenvalue weighted by molar-refractivity contribution is -0.123. The molecular weight excluding hydrogens is 341 g/mol. The number of likely N-dealkylation sites (tertiary alicyclic amines) is 1. The largest absolute Gasteiger partial charge is 0.396 e. The second kappa shape index (κ2) is 5.29. The van der Waals surface area contributed by atoms with E-state index in [1.165, 1.54) is 12.1 Å². The monoisotopic (exact) mass is 355 g/mol. The molecule has 1 aromatic carbocycles. The highest BCUT2D eigenvalue weighted by Crippen LogP contribution is 2.31. The van der Waals surface area contributed by atoms with Crippen LogP contribution in [-0.4, -0.2) is 35.8 Å². The SMILES string of the molecule is Nc1cc(C(=O)N2CCCC3C(=O)NCC32)c(Br)cc1F. The zero-order valence-corrected chi connectivity index (χ0v) is 12.8. The fraction of sp³-hybridized carbons (Fsp3) is 0.429. The summed E-state index contributed by atoms with van der Waals surface area (Å²) >= 11 is 3.21. The molecule has 2 atom stereocenters. The topological polar surface area (TPSA) is 75.4 Å². The average molecular weight is 356 g/mol. The van der Waals surface area contributed by atoms with Crippen molar-refractivity contribution in [2.75, 3.05) is 18.8 Å². The summed E-state index contributed by atoms with van der Waals surface area (Å²) in [5.74, 6) is -0.915. The van der Waals surface area contributed by atoms with Gasteiger partial charge in [-0.05, 0) is 40.9 Å². The Morgan fingerprint density at radius 2 is 2.24 bits per heavy atom. The van der Waals surface area contributed by atoms with Crippen molar-refractivity contribution in [2.45, 2.75) is 18.9 Å². The van der Waals surface area contributed by atoms with Crippen molar-refractivity contribution in [3.63, 3.8) is 0 Å². The predicted molar refractivity (Wildman–Crippen MR) is 79.1 cm³/mol. The Hall–Kier alpha value is -1.63. The second-order valence-corrected chi connectivity index (χ2v) is 6.27. The number of fused-ring (bicyclic) bond motifs is 1. The third-order valence-electron chi connectivity index (χ3n) is 4.18. The van der Waals surface area contributed by atoms with Crippen LogP contribution in [0.4, 0.5) is 10.1 Å². The lowest BCUT2D eigenvalue weighted by Gasteiger charge is -2.36. The molecule has 112 valence electrons. The van der Waals surface area contributed by atoms with Crippen LogP contribution in [0.3, 0.4) is 0 Å². The second-order valence-electron chi connectivity index (χ2n) is 5.41. The molecule has 2 amide bonds. The van der Waals surface area contributed by atoms with Crippen molar-refractivity contribution in [3.8, 4) is 0 Å². The van der Waals surface area contributed by atoms with Crippen molar-refractivity contribution < 1.29 is 14.0 Å². The molecule has 0 aromatic heterocycles. The minimum atomic E-state index is -0.562. The first-order chi connectivity index (χ1) is 9.99. The van der Waals surface area contributed by atoms with Gasteiger partial charge in [-0.15, -0.1) is 0 Å². The predicted octanol–water partition coefficient (Wildman–Crippen LogP) is 1.52. The number of benzene rings is 1. The molecule has 2 saturated heterocycles. The van der Waals surface area contributed by atoms with Gasteiger partial charge in [0.15, 0.2) is 0 Å². The summed E-state index contributed by atoms with van der Waals surface area (Å²) in [6.45, 7) is 1.07. The number of carbonyl (C=O) groups is 2. The number of nitrogen functional groups attached to an aromatic ring is 1. The van der Waals surface area contributed by atoms with Crippen molar-refractivity contribution in [3.05, 3.63) is 28.0 Å². The Morgan fingerprint density at radius 3 is 3.00 bits per heavy atom. The number of hydrogen-bond donors (Lipinski definition) is 2. The van der Waals surface area contributed by atoms with E-state index in [-0.39, 0.29) is 29.5 Å². The molecule has 2 unspecified atom stereocenters. The van der Waals surface area contributed by atoms with Crippen molar-refractivity contribution in [1.82, 2.24) is 10.2 Å². The number of anilines is 1. The first-order valence-electron chi connectivity index (χ1n) is 6.82. The summed E-state index contributed by atoms with van der Waals surface area (Å²) in [4.78, 5) is 26.2. The van der Waals surface area contributed by atoms with Gasteiger partial charge in [-0.25, -0.2) is 4.39 Å². The van der Waals surface area contributed by atoms with Gasteiger partial charge in [0.05, 0.1) is 23.2 Å². The summed E-state index contributed by atoms with van der Waals surface area (Å²) in [5.41, 5.74) is 5.82. The van der Waals surface area contributed by atoms with Crippen LogP contribution >= 0.6 is 15.9 Å². The average Bonchev–Trinajstić information content (AvgIpc) is 2.84. The summed E-state index contributed by atoms with van der Waals surface area (Å²) in [6, 6.07) is 2.41. The van der Waals surface area contributed by atoms with E-state index in [4.69, 9.17) is 5.73 Å². The van der Waals surface area contributed by atoms with Crippen LogP contribution < -0.4 is 11.1 Å². The quantitative estimate of drug-likeness (QED) is 0.750. The maximum Gasteiger partial charge on any atom is 0.255 e. The highest BCUT2D eigenvalue weighted by molar-refractivity contribution is 9.10. The molecule has 1 aromatic rings. The van der Waals surface area contributed by atoms with Crippen LogP contribution in [0.25, 0.3) is 0 Å². The Labute approximate surface area is 129 Å². The van der Waals surface area contributed by atoms with E-state index in [2.05, 4.69) is 21.2 Å². The van der Waals surface area contributed by atoms with Gasteiger partial charge in [-0.3, -0.25) is 9.59 Å². The van der Waals surface area contributed by atoms with Gasteiger partial charge in [0.2, 0.25) is 5.91 Å². The van der Waals surface area contributed by atoms with Gasteiger partial charge < -0.3 is 16.0 Å². The summed E-state index contributed by atoms with van der Waals surface area (Å²) in [6.07, 6.45) is 1.58. The molecule has 21 heavy (non-hydrogen) atoms. The van der Waals surface area contributed by atoms with E-state index in [9.17, 15) is 14.0 Å². The van der Waals surface area contributed by atoms with E-state index >= 15 is 0 Å². The van der Waals surface area contributed by atoms with Crippen LogP contribution in [0.2, 0.25) is 0 Å². The molecule has 2 heterocycles. The van der Waals surface area contributed by atoms with E-state index in [1.54, 1.807) is 4.90 Å². The van der Waals surface area contributed by atoms with E-state index in [0.29, 0.717) is 23.1 Å². The maximum absolute atomic E-state index is 13.4. The lowest BCUT2D eigenvalue weighted by atomic mass is 9.91. The molecule has 2 aliphatic heterocycles. The fourth-order valence-corrected chi connectivity index (χ4v) is 3.57. The highest BCUT2D eigenvalue weighted by Gasteiger charge is 2.43. The molecule has 3 rings (SSSR count). The Balaban J connectivity index is 1.91. The lowest BCUT2D eigenvalue weighted by Crippen LogP contribution is -2.48. The molecule has 2 fully saturated rings. The molecule has 5 nitrogen and oxygen atoms in total. The number of nitrogens with two attached hydrogens (primary N) is 1. The van der Waals surface area contributed by atoms with Crippen LogP contribution in [0.15, 0.2) is 16.6 Å². The number of amides is 2. The number of nitrogens with zero attached hydrogens (tertiary/aromatic N) is 1. The van der Waals surface area contributed by atoms with E-state index < -0.39 is 5.82 Å². The standard InChI is InChI=1S/C14H15BrFN3O2/c15-9-5-10(16)11(17)4-8(9)14(21)19-3-1-2-7-12(19)6-18-13(7)20/h4-5,7,12H,1-3,6,17H2,(H,18,20). The van der Waals surface area contributed by atoms with Crippen LogP contribution in [0, 0.1) is 11.7 Å². The van der Waals surface area contributed by atoms with E-state index in [0.717, 1.165) is 12.8 Å². The van der Waals surface area contributed by atoms with Gasteiger partial charge in [0, 0.05) is 17.6 Å². The molecule has 0 saturated carbocycles. The minimum absolute atomic E-state index is 0.00943. The van der Waals surface area contributed by atoms with E-state index in [1.807, 2.05) is 0 Å². The number of nitrogens with one attached hydrogen (secondary N) is 1. The van der Waals surface area contributed by atoms with Gasteiger partial charge in [0.1, 0.15) is 5.82 Å². The molecular formula is C14H15BrFN3O2. The first-order valence-corrected chi connectivity index (χ1v) is 7.61. The first kappa shape index (κ1) is 14.3. The molecule has 2 aliphatic rings. The van der Waals surface area contributed by atoms with Gasteiger partial charge in [-0.2, -0.15) is 0 Å². The van der Waals surface area contributed by atoms with Crippen molar-refractivity contribution in [2.24, 2.45) is 5.92 Å². The summed E-state index contributed by atoms with van der Waals surface area (Å²) < 4.78 is 13.8. The Morgan fingerprint density at radius 1 is 1.48 bits per heavy atom. The minimum Gasteiger partial charge on any atom is -0.396 e. The molecule has 0 spiro atoms. The van der Waals surface area contributed by atoms with Crippen LogP contribution in [-0.2, 0) is 4.79 Å². The number of hydrogen-bond acceptors (Lipinski definition) is 3. The normalized spacial score (nSPS) is 24.7. The van der Waals surface area contributed by atoms with Crippen LogP contribution in [0.1, 0.15) is 23.2 Å². The maximum atomic E-state index is 13.4. The van der Waals surface area contributed by atoms with Gasteiger partial charge >= 0.3 is 0 Å². The Bertz CT molecular complexity index is 622. The third-order valence-corrected chi connectivity index (χ3v) is 4.83. The molecule has 0 aliphatic carbocycles. The van der Waals surface area contributed by atoms with Gasteiger partial charge in [0.25, 0.3) is 5.91 Å². The molecule has 0 radical (unpaired) electrons. The smallest absolute Gasteiger partial charge is 0.255 e.